The van der Waals surface area contributed by atoms with E-state index >= 15 is 0 Å². The minimum atomic E-state index is 0. The van der Waals surface area contributed by atoms with Crippen molar-refractivity contribution in [1.82, 2.24) is 20.4 Å². The van der Waals surface area contributed by atoms with Gasteiger partial charge in [0.15, 0.2) is 5.96 Å². The maximum atomic E-state index is 4.47. The number of nitrogens with one attached hydrogen (secondary N) is 2. The Morgan fingerprint density at radius 3 is 2.50 bits per heavy atom. The minimum absolute atomic E-state index is 0. The molecule has 2 aliphatic rings. The highest BCUT2D eigenvalue weighted by Crippen LogP contribution is 2.29. The lowest BCUT2D eigenvalue weighted by molar-refractivity contribution is 0.140. The largest absolute Gasteiger partial charge is 0.356 e. The standard InChI is InChI=1S/C21H37N5S.HI/c1-17-6-12-26(13-7-17)19(20-5-4-14-27-20)16-24-21(22-2)23-15-18-8-10-25(3)11-9-18;/h4-5,14,17-19H,6-13,15-16H2,1-3H3,(H2,22,23,24);1H. The number of guanidine groups is 1. The van der Waals surface area contributed by atoms with E-state index in [2.05, 4.69) is 56.9 Å². The van der Waals surface area contributed by atoms with Gasteiger partial charge in [0.2, 0.25) is 0 Å². The first-order valence-corrected chi connectivity index (χ1v) is 11.4. The van der Waals surface area contributed by atoms with E-state index < -0.39 is 0 Å². The molecular weight excluding hydrogens is 481 g/mol. The van der Waals surface area contributed by atoms with Crippen LogP contribution in [0.4, 0.5) is 0 Å². The Hall–Kier alpha value is -0.380. The summed E-state index contributed by atoms with van der Waals surface area (Å²) < 4.78 is 0. The Balaban J connectivity index is 0.00000280. The number of aliphatic imine (C=N–C) groups is 1. The number of hydrogen-bond acceptors (Lipinski definition) is 4. The average molecular weight is 520 g/mol. The van der Waals surface area contributed by atoms with Crippen molar-refractivity contribution in [1.29, 1.82) is 0 Å². The second-order valence-electron chi connectivity index (χ2n) is 8.33. The third-order valence-corrected chi connectivity index (χ3v) is 7.19. The van der Waals surface area contributed by atoms with Crippen molar-refractivity contribution in [3.63, 3.8) is 0 Å². The molecule has 0 amide bonds. The molecule has 5 nitrogen and oxygen atoms in total. The van der Waals surface area contributed by atoms with E-state index in [1.165, 1.54) is 56.7 Å². The third-order valence-electron chi connectivity index (χ3n) is 6.21. The zero-order valence-electron chi connectivity index (χ0n) is 17.7. The van der Waals surface area contributed by atoms with Gasteiger partial charge in [-0.25, -0.2) is 0 Å². The van der Waals surface area contributed by atoms with Gasteiger partial charge in [0.1, 0.15) is 0 Å². The van der Waals surface area contributed by atoms with Gasteiger partial charge in [0.05, 0.1) is 6.04 Å². The lowest BCUT2D eigenvalue weighted by Crippen LogP contribution is -2.46. The van der Waals surface area contributed by atoms with Crippen LogP contribution in [0.15, 0.2) is 22.5 Å². The predicted molar refractivity (Wildman–Crippen MR) is 132 cm³/mol. The summed E-state index contributed by atoms with van der Waals surface area (Å²) in [6.45, 7) is 9.16. The predicted octanol–water partition coefficient (Wildman–Crippen LogP) is 3.65. The molecule has 0 aliphatic carbocycles. The van der Waals surface area contributed by atoms with Crippen molar-refractivity contribution in [2.45, 2.75) is 38.6 Å². The molecule has 7 heteroatoms. The van der Waals surface area contributed by atoms with E-state index in [-0.39, 0.29) is 24.0 Å². The zero-order valence-corrected chi connectivity index (χ0v) is 20.8. The van der Waals surface area contributed by atoms with Crippen molar-refractivity contribution in [3.05, 3.63) is 22.4 Å². The molecule has 160 valence electrons. The lowest BCUT2D eigenvalue weighted by atomic mass is 9.97. The molecule has 3 heterocycles. The number of rotatable bonds is 6. The summed E-state index contributed by atoms with van der Waals surface area (Å²) in [4.78, 5) is 11.0. The van der Waals surface area contributed by atoms with Crippen LogP contribution in [0.2, 0.25) is 0 Å². The molecule has 1 unspecified atom stereocenters. The summed E-state index contributed by atoms with van der Waals surface area (Å²) in [7, 11) is 4.10. The van der Waals surface area contributed by atoms with E-state index in [9.17, 15) is 0 Å². The molecule has 1 aromatic heterocycles. The van der Waals surface area contributed by atoms with Crippen molar-refractivity contribution in [2.75, 3.05) is 53.4 Å². The van der Waals surface area contributed by atoms with Crippen LogP contribution in [0.5, 0.6) is 0 Å². The molecule has 0 aromatic carbocycles. The normalized spacial score (nSPS) is 21.9. The molecule has 2 N–H and O–H groups in total. The molecule has 0 radical (unpaired) electrons. The second-order valence-corrected chi connectivity index (χ2v) is 9.31. The molecule has 1 atom stereocenters. The molecule has 3 rings (SSSR count). The van der Waals surface area contributed by atoms with E-state index in [4.69, 9.17) is 0 Å². The third kappa shape index (κ3) is 7.15. The molecule has 2 saturated heterocycles. The van der Waals surface area contributed by atoms with Gasteiger partial charge >= 0.3 is 0 Å². The van der Waals surface area contributed by atoms with Gasteiger partial charge < -0.3 is 15.5 Å². The van der Waals surface area contributed by atoms with Crippen LogP contribution in [0, 0.1) is 11.8 Å². The topological polar surface area (TPSA) is 42.9 Å². The van der Waals surface area contributed by atoms with Crippen LogP contribution in [-0.4, -0.2) is 69.1 Å². The van der Waals surface area contributed by atoms with Crippen molar-refractivity contribution in [2.24, 2.45) is 16.8 Å². The monoisotopic (exact) mass is 519 g/mol. The summed E-state index contributed by atoms with van der Waals surface area (Å²) >= 11 is 1.87. The van der Waals surface area contributed by atoms with Gasteiger partial charge in [-0.2, -0.15) is 0 Å². The van der Waals surface area contributed by atoms with Gasteiger partial charge in [-0.15, -0.1) is 35.3 Å². The quantitative estimate of drug-likeness (QED) is 0.342. The van der Waals surface area contributed by atoms with E-state index in [1.54, 1.807) is 0 Å². The molecule has 2 fully saturated rings. The SMILES string of the molecule is CN=C(NCC1CCN(C)CC1)NCC(c1cccs1)N1CCC(C)CC1.I. The summed E-state index contributed by atoms with van der Waals surface area (Å²) in [6, 6.07) is 4.90. The average Bonchev–Trinajstić information content (AvgIpc) is 3.21. The molecular formula is C21H38IN5S. The number of nitrogens with zero attached hydrogens (tertiary/aromatic N) is 3. The summed E-state index contributed by atoms with van der Waals surface area (Å²) in [5.41, 5.74) is 0. The highest BCUT2D eigenvalue weighted by Gasteiger charge is 2.25. The Kier molecular flexibility index (Phi) is 10.5. The first-order valence-electron chi connectivity index (χ1n) is 10.6. The summed E-state index contributed by atoms with van der Waals surface area (Å²) in [5.74, 6) is 2.57. The van der Waals surface area contributed by atoms with Crippen LogP contribution in [0.1, 0.15) is 43.5 Å². The zero-order chi connectivity index (χ0) is 19.1. The smallest absolute Gasteiger partial charge is 0.191 e. The Labute approximate surface area is 192 Å². The summed E-state index contributed by atoms with van der Waals surface area (Å²) in [6.07, 6.45) is 5.19. The fourth-order valence-electron chi connectivity index (χ4n) is 4.15. The number of hydrogen-bond donors (Lipinski definition) is 2. The number of likely N-dealkylation sites (tertiary alicyclic amines) is 2. The number of halogens is 1. The number of piperidine rings is 2. The van der Waals surface area contributed by atoms with Crippen LogP contribution in [0.25, 0.3) is 0 Å². The maximum Gasteiger partial charge on any atom is 0.191 e. The fourth-order valence-corrected chi connectivity index (χ4v) is 5.01. The first-order chi connectivity index (χ1) is 13.2. The van der Waals surface area contributed by atoms with Crippen molar-refractivity contribution < 1.29 is 0 Å². The van der Waals surface area contributed by atoms with Crippen molar-refractivity contribution >= 4 is 41.3 Å². The Morgan fingerprint density at radius 2 is 1.89 bits per heavy atom. The molecule has 28 heavy (non-hydrogen) atoms. The fraction of sp³-hybridized carbons (Fsp3) is 0.762. The van der Waals surface area contributed by atoms with Gasteiger partial charge in [-0.05, 0) is 82.2 Å². The molecule has 0 saturated carbocycles. The van der Waals surface area contributed by atoms with Crippen LogP contribution in [0.3, 0.4) is 0 Å². The minimum Gasteiger partial charge on any atom is -0.356 e. The summed E-state index contributed by atoms with van der Waals surface area (Å²) in [5, 5.41) is 9.37. The van der Waals surface area contributed by atoms with Crippen LogP contribution < -0.4 is 10.6 Å². The molecule has 0 bridgehead atoms. The van der Waals surface area contributed by atoms with E-state index in [0.29, 0.717) is 6.04 Å². The van der Waals surface area contributed by atoms with Gasteiger partial charge in [-0.1, -0.05) is 13.0 Å². The molecule has 2 aliphatic heterocycles. The lowest BCUT2D eigenvalue weighted by Gasteiger charge is -2.36. The second kappa shape index (κ2) is 12.3. The molecule has 0 spiro atoms. The first kappa shape index (κ1) is 23.9. The molecule has 1 aromatic rings. The maximum absolute atomic E-state index is 4.47. The highest BCUT2D eigenvalue weighted by molar-refractivity contribution is 14.0. The van der Waals surface area contributed by atoms with Crippen LogP contribution >= 0.6 is 35.3 Å². The van der Waals surface area contributed by atoms with E-state index in [0.717, 1.165) is 30.9 Å². The van der Waals surface area contributed by atoms with Gasteiger partial charge in [0, 0.05) is 25.0 Å². The Morgan fingerprint density at radius 1 is 1.18 bits per heavy atom. The number of thiophene rings is 1. The van der Waals surface area contributed by atoms with Crippen LogP contribution in [-0.2, 0) is 0 Å². The highest BCUT2D eigenvalue weighted by atomic mass is 127. The van der Waals surface area contributed by atoms with Crippen molar-refractivity contribution in [3.8, 4) is 0 Å². The van der Waals surface area contributed by atoms with Gasteiger partial charge in [-0.3, -0.25) is 9.89 Å². The Bertz CT molecular complexity index is 563. The van der Waals surface area contributed by atoms with E-state index in [1.807, 2.05) is 18.4 Å². The van der Waals surface area contributed by atoms with Gasteiger partial charge in [0.25, 0.3) is 0 Å².